The summed E-state index contributed by atoms with van der Waals surface area (Å²) in [5.74, 6) is -2.92. The molecule has 1 aromatic rings. The molecule has 0 unspecified atom stereocenters. The van der Waals surface area contributed by atoms with Crippen molar-refractivity contribution in [3.05, 3.63) is 29.8 Å². The first-order chi connectivity index (χ1) is 10.4. The Balaban J connectivity index is 2.68. The van der Waals surface area contributed by atoms with E-state index in [1.54, 1.807) is 11.9 Å². The zero-order valence-corrected chi connectivity index (χ0v) is 13.7. The maximum absolute atomic E-state index is 12.2. The van der Waals surface area contributed by atoms with Crippen molar-refractivity contribution >= 4 is 23.6 Å². The maximum Gasteiger partial charge on any atom is 0.288 e. The molecule has 0 bridgehead atoms. The molecule has 0 saturated heterocycles. The Morgan fingerprint density at radius 2 is 1.68 bits per heavy atom. The van der Waals surface area contributed by atoms with E-state index in [1.165, 1.54) is 29.2 Å². The van der Waals surface area contributed by atoms with Gasteiger partial charge in [0.15, 0.2) is 0 Å². The van der Waals surface area contributed by atoms with Crippen LogP contribution in [0.15, 0.2) is 29.2 Å². The summed E-state index contributed by atoms with van der Waals surface area (Å²) in [6.45, 7) is 4.94. The highest BCUT2D eigenvalue weighted by Gasteiger charge is 2.18. The fourth-order valence-corrected chi connectivity index (χ4v) is 2.45. The molecule has 1 aromatic carbocycles. The molecule has 0 heterocycles. The molecule has 22 heavy (non-hydrogen) atoms. The van der Waals surface area contributed by atoms with Gasteiger partial charge in [-0.3, -0.25) is 9.59 Å². The van der Waals surface area contributed by atoms with Crippen LogP contribution in [0.2, 0.25) is 0 Å². The molecular weight excluding hydrogens is 310 g/mol. The van der Waals surface area contributed by atoms with Crippen LogP contribution in [0.4, 0.5) is 8.78 Å². The van der Waals surface area contributed by atoms with Gasteiger partial charge in [-0.25, -0.2) is 0 Å². The number of carbonyl (C=O) groups is 2. The van der Waals surface area contributed by atoms with E-state index in [-0.39, 0.29) is 18.4 Å². The predicted molar refractivity (Wildman–Crippen MR) is 83.2 cm³/mol. The predicted octanol–water partition coefficient (Wildman–Crippen LogP) is 2.94. The Bertz CT molecular complexity index is 505. The summed E-state index contributed by atoms with van der Waals surface area (Å²) in [5.41, 5.74) is 0.369. The van der Waals surface area contributed by atoms with Crippen LogP contribution < -0.4 is 0 Å². The lowest BCUT2D eigenvalue weighted by atomic mass is 10.2. The van der Waals surface area contributed by atoms with Crippen molar-refractivity contribution < 1.29 is 18.4 Å². The van der Waals surface area contributed by atoms with Crippen LogP contribution >= 0.6 is 11.8 Å². The van der Waals surface area contributed by atoms with Gasteiger partial charge in [-0.1, -0.05) is 11.8 Å². The summed E-state index contributed by atoms with van der Waals surface area (Å²) in [6.07, 6.45) is 0. The highest BCUT2D eigenvalue weighted by atomic mass is 32.2. The van der Waals surface area contributed by atoms with E-state index in [1.807, 2.05) is 13.8 Å². The molecule has 0 spiro atoms. The van der Waals surface area contributed by atoms with E-state index in [0.29, 0.717) is 35.3 Å². The molecule has 122 valence electrons. The summed E-state index contributed by atoms with van der Waals surface area (Å²) >= 11 is 0.429. The van der Waals surface area contributed by atoms with Crippen LogP contribution in [-0.4, -0.2) is 54.1 Å². The first-order valence-corrected chi connectivity index (χ1v) is 7.85. The third-order valence-corrected chi connectivity index (χ3v) is 3.88. The lowest BCUT2D eigenvalue weighted by Gasteiger charge is -2.23. The molecule has 0 aliphatic heterocycles. The van der Waals surface area contributed by atoms with Gasteiger partial charge >= 0.3 is 0 Å². The number of rotatable bonds is 7. The molecule has 0 atom stereocenters. The largest absolute Gasteiger partial charge is 0.342 e. The van der Waals surface area contributed by atoms with Crippen LogP contribution in [0.3, 0.4) is 0 Å². The van der Waals surface area contributed by atoms with Gasteiger partial charge in [-0.05, 0) is 38.1 Å². The monoisotopic (exact) mass is 330 g/mol. The van der Waals surface area contributed by atoms with Crippen molar-refractivity contribution in [3.8, 4) is 0 Å². The summed E-state index contributed by atoms with van der Waals surface area (Å²) in [6, 6.07) is 5.94. The quantitative estimate of drug-likeness (QED) is 0.722. The normalized spacial score (nSPS) is 10.6. The maximum atomic E-state index is 12.2. The van der Waals surface area contributed by atoms with Crippen LogP contribution in [0, 0.1) is 0 Å². The number of amides is 2. The molecule has 0 saturated carbocycles. The van der Waals surface area contributed by atoms with Gasteiger partial charge in [0, 0.05) is 30.6 Å². The summed E-state index contributed by atoms with van der Waals surface area (Å²) in [4.78, 5) is 27.6. The van der Waals surface area contributed by atoms with Gasteiger partial charge in [0.2, 0.25) is 5.91 Å². The van der Waals surface area contributed by atoms with E-state index in [0.717, 1.165) is 0 Å². The summed E-state index contributed by atoms with van der Waals surface area (Å²) in [5, 5.41) is 0. The second-order valence-corrected chi connectivity index (χ2v) is 5.69. The van der Waals surface area contributed by atoms with Crippen LogP contribution in [0.25, 0.3) is 0 Å². The average Bonchev–Trinajstić information content (AvgIpc) is 2.47. The number of alkyl halides is 2. The number of benzene rings is 1. The Morgan fingerprint density at radius 3 is 2.14 bits per heavy atom. The highest BCUT2D eigenvalue weighted by Crippen LogP contribution is 2.25. The second-order valence-electron chi connectivity index (χ2n) is 4.63. The summed E-state index contributed by atoms with van der Waals surface area (Å²) in [7, 11) is 1.55. The third kappa shape index (κ3) is 5.29. The molecule has 0 radical (unpaired) electrons. The SMILES string of the molecule is CCN(CC)C(=O)CN(C)C(=O)c1ccc(SC(F)F)cc1. The number of nitrogens with zero attached hydrogens (tertiary/aromatic N) is 2. The Hall–Kier alpha value is -1.63. The minimum absolute atomic E-state index is 0.00590. The zero-order valence-electron chi connectivity index (χ0n) is 12.9. The molecule has 2 amide bonds. The standard InChI is InChI=1S/C15H20F2N2O2S/c1-4-19(5-2)13(20)10-18(3)14(21)11-6-8-12(9-7-11)22-15(16)17/h6-9,15H,4-5,10H2,1-3H3. The lowest BCUT2D eigenvalue weighted by molar-refractivity contribution is -0.131. The molecule has 0 aromatic heterocycles. The topological polar surface area (TPSA) is 40.6 Å². The Morgan fingerprint density at radius 1 is 1.14 bits per heavy atom. The molecule has 1 rings (SSSR count). The molecule has 0 aliphatic carbocycles. The van der Waals surface area contributed by atoms with Gasteiger partial charge in [-0.2, -0.15) is 8.78 Å². The fourth-order valence-electron chi connectivity index (χ4n) is 1.95. The molecule has 7 heteroatoms. The zero-order chi connectivity index (χ0) is 16.7. The van der Waals surface area contributed by atoms with Crippen molar-refractivity contribution in [1.29, 1.82) is 0 Å². The fraction of sp³-hybridized carbons (Fsp3) is 0.467. The lowest BCUT2D eigenvalue weighted by Crippen LogP contribution is -2.41. The van der Waals surface area contributed by atoms with Crippen molar-refractivity contribution in [2.45, 2.75) is 24.5 Å². The van der Waals surface area contributed by atoms with Crippen molar-refractivity contribution in [2.75, 3.05) is 26.7 Å². The van der Waals surface area contributed by atoms with Gasteiger partial charge in [0.05, 0.1) is 6.54 Å². The smallest absolute Gasteiger partial charge is 0.288 e. The number of likely N-dealkylation sites (N-methyl/N-ethyl adjacent to an activating group) is 2. The van der Waals surface area contributed by atoms with Crippen molar-refractivity contribution in [2.24, 2.45) is 0 Å². The van der Waals surface area contributed by atoms with Gasteiger partial charge in [0.1, 0.15) is 0 Å². The van der Waals surface area contributed by atoms with Crippen LogP contribution in [-0.2, 0) is 4.79 Å². The van der Waals surface area contributed by atoms with Gasteiger partial charge in [0.25, 0.3) is 11.7 Å². The van der Waals surface area contributed by atoms with Crippen LogP contribution in [0.1, 0.15) is 24.2 Å². The highest BCUT2D eigenvalue weighted by molar-refractivity contribution is 7.99. The molecule has 0 N–H and O–H groups in total. The molecule has 0 fully saturated rings. The van der Waals surface area contributed by atoms with E-state index in [9.17, 15) is 18.4 Å². The number of carbonyl (C=O) groups excluding carboxylic acids is 2. The minimum atomic E-state index is -2.49. The average molecular weight is 330 g/mol. The van der Waals surface area contributed by atoms with E-state index in [4.69, 9.17) is 0 Å². The first-order valence-electron chi connectivity index (χ1n) is 6.97. The number of thioether (sulfide) groups is 1. The number of hydrogen-bond acceptors (Lipinski definition) is 3. The molecular formula is C15H20F2N2O2S. The van der Waals surface area contributed by atoms with E-state index in [2.05, 4.69) is 0 Å². The minimum Gasteiger partial charge on any atom is -0.342 e. The second kappa shape index (κ2) is 8.73. The molecule has 4 nitrogen and oxygen atoms in total. The Labute approximate surface area is 133 Å². The molecule has 0 aliphatic rings. The summed E-state index contributed by atoms with van der Waals surface area (Å²) < 4.78 is 24.5. The van der Waals surface area contributed by atoms with Gasteiger partial charge < -0.3 is 9.80 Å². The van der Waals surface area contributed by atoms with Crippen LogP contribution in [0.5, 0.6) is 0 Å². The number of hydrogen-bond donors (Lipinski definition) is 0. The van der Waals surface area contributed by atoms with Crippen molar-refractivity contribution in [1.82, 2.24) is 9.80 Å². The Kier molecular flexibility index (Phi) is 7.31. The van der Waals surface area contributed by atoms with E-state index < -0.39 is 5.76 Å². The van der Waals surface area contributed by atoms with Crippen molar-refractivity contribution in [3.63, 3.8) is 0 Å². The first kappa shape index (κ1) is 18.4. The van der Waals surface area contributed by atoms with E-state index >= 15 is 0 Å². The van der Waals surface area contributed by atoms with Gasteiger partial charge in [-0.15, -0.1) is 0 Å². The third-order valence-electron chi connectivity index (χ3n) is 3.16. The number of halogens is 2.